The standard InChI is InChI=1S/C31H59NO4/c1-3-5-7-9-11-13-15-16-18-20-22-24-26-30(35)31(36)32-28(27-33)29(34)25-23-21-19-17-14-12-10-8-6-4-2/h16,18,23,25,28-30,33-35H,3-15,17,19-22,24,26-27H2,1-2H3,(H,32,36)/b18-16-,25-23+. The van der Waals surface area contributed by atoms with Gasteiger partial charge >= 0.3 is 0 Å². The SMILES string of the molecule is CCCCCCCC/C=C\CCCCC(O)C(=O)NC(CO)C(O)/C=C/CCCCCCCCCC. The molecular formula is C31H59NO4. The van der Waals surface area contributed by atoms with E-state index in [-0.39, 0.29) is 6.61 Å². The van der Waals surface area contributed by atoms with Crippen molar-refractivity contribution in [3.05, 3.63) is 24.3 Å². The van der Waals surface area contributed by atoms with E-state index in [4.69, 9.17) is 0 Å². The molecule has 0 rings (SSSR count). The molecule has 0 saturated carbocycles. The Labute approximate surface area is 222 Å². The number of aliphatic hydroxyl groups is 3. The van der Waals surface area contributed by atoms with Crippen molar-refractivity contribution in [2.24, 2.45) is 0 Å². The lowest BCUT2D eigenvalue weighted by molar-refractivity contribution is -0.131. The van der Waals surface area contributed by atoms with Crippen LogP contribution in [0.1, 0.15) is 142 Å². The van der Waals surface area contributed by atoms with Crippen LogP contribution in [0.2, 0.25) is 0 Å². The highest BCUT2D eigenvalue weighted by Crippen LogP contribution is 2.11. The summed E-state index contributed by atoms with van der Waals surface area (Å²) in [5, 5.41) is 32.6. The van der Waals surface area contributed by atoms with Gasteiger partial charge in [-0.25, -0.2) is 0 Å². The number of hydrogen-bond donors (Lipinski definition) is 4. The van der Waals surface area contributed by atoms with Gasteiger partial charge < -0.3 is 20.6 Å². The van der Waals surface area contributed by atoms with Crippen LogP contribution in [0.25, 0.3) is 0 Å². The second kappa shape index (κ2) is 26.9. The Morgan fingerprint density at radius 3 is 1.61 bits per heavy atom. The summed E-state index contributed by atoms with van der Waals surface area (Å²) in [5.74, 6) is -0.525. The first kappa shape index (κ1) is 34.8. The van der Waals surface area contributed by atoms with Crippen molar-refractivity contribution in [3.8, 4) is 0 Å². The van der Waals surface area contributed by atoms with Crippen molar-refractivity contribution in [2.45, 2.75) is 161 Å². The first-order chi connectivity index (χ1) is 17.6. The largest absolute Gasteiger partial charge is 0.394 e. The van der Waals surface area contributed by atoms with Crippen LogP contribution >= 0.6 is 0 Å². The molecule has 5 heteroatoms. The van der Waals surface area contributed by atoms with Crippen LogP contribution in [0.5, 0.6) is 0 Å². The summed E-state index contributed by atoms with van der Waals surface area (Å²) in [6, 6.07) is -0.799. The molecule has 212 valence electrons. The molecule has 5 nitrogen and oxygen atoms in total. The highest BCUT2D eigenvalue weighted by molar-refractivity contribution is 5.80. The van der Waals surface area contributed by atoms with Gasteiger partial charge in [-0.2, -0.15) is 0 Å². The molecule has 0 spiro atoms. The summed E-state index contributed by atoms with van der Waals surface area (Å²) in [6.07, 6.45) is 29.0. The lowest BCUT2D eigenvalue weighted by atomic mass is 10.1. The van der Waals surface area contributed by atoms with Crippen molar-refractivity contribution in [1.82, 2.24) is 5.32 Å². The molecule has 3 atom stereocenters. The van der Waals surface area contributed by atoms with E-state index in [1.165, 1.54) is 83.5 Å². The van der Waals surface area contributed by atoms with Gasteiger partial charge in [0.25, 0.3) is 0 Å². The maximum atomic E-state index is 12.3. The van der Waals surface area contributed by atoms with Gasteiger partial charge in [-0.1, -0.05) is 122 Å². The van der Waals surface area contributed by atoms with Crippen molar-refractivity contribution in [2.75, 3.05) is 6.61 Å². The lowest BCUT2D eigenvalue weighted by Gasteiger charge is -2.21. The number of allylic oxidation sites excluding steroid dienone is 3. The maximum absolute atomic E-state index is 12.3. The van der Waals surface area contributed by atoms with E-state index in [0.717, 1.165) is 38.5 Å². The van der Waals surface area contributed by atoms with Crippen LogP contribution in [-0.2, 0) is 4.79 Å². The number of hydrogen-bond acceptors (Lipinski definition) is 4. The van der Waals surface area contributed by atoms with Crippen LogP contribution < -0.4 is 5.32 Å². The van der Waals surface area contributed by atoms with E-state index in [1.807, 2.05) is 6.08 Å². The van der Waals surface area contributed by atoms with Crippen LogP contribution in [0.4, 0.5) is 0 Å². The van der Waals surface area contributed by atoms with Crippen LogP contribution in [0, 0.1) is 0 Å². The zero-order chi connectivity index (χ0) is 26.7. The Kier molecular flexibility index (Phi) is 26.0. The Balaban J connectivity index is 3.89. The second-order valence-corrected chi connectivity index (χ2v) is 10.3. The molecule has 4 N–H and O–H groups in total. The van der Waals surface area contributed by atoms with E-state index in [9.17, 15) is 20.1 Å². The lowest BCUT2D eigenvalue weighted by Crippen LogP contribution is -2.48. The molecule has 0 aliphatic heterocycles. The molecule has 0 bridgehead atoms. The van der Waals surface area contributed by atoms with Crippen LogP contribution in [0.3, 0.4) is 0 Å². The van der Waals surface area contributed by atoms with Gasteiger partial charge in [0.1, 0.15) is 6.10 Å². The fraction of sp³-hybridized carbons (Fsp3) is 0.839. The molecule has 0 fully saturated rings. The summed E-state index contributed by atoms with van der Waals surface area (Å²) in [7, 11) is 0. The minimum atomic E-state index is -1.11. The Hall–Kier alpha value is -1.17. The predicted octanol–water partition coefficient (Wildman–Crippen LogP) is 7.14. The monoisotopic (exact) mass is 509 g/mol. The molecule has 3 unspecified atom stereocenters. The zero-order valence-electron chi connectivity index (χ0n) is 23.6. The predicted molar refractivity (Wildman–Crippen MR) is 153 cm³/mol. The van der Waals surface area contributed by atoms with Gasteiger partial charge in [0.15, 0.2) is 0 Å². The quantitative estimate of drug-likeness (QED) is 0.0737. The van der Waals surface area contributed by atoms with E-state index >= 15 is 0 Å². The molecule has 0 aliphatic rings. The summed E-state index contributed by atoms with van der Waals surface area (Å²) in [5.41, 5.74) is 0. The molecule has 0 saturated heterocycles. The fourth-order valence-corrected chi connectivity index (χ4v) is 4.29. The first-order valence-corrected chi connectivity index (χ1v) is 15.2. The average molecular weight is 510 g/mol. The molecule has 0 aromatic carbocycles. The third-order valence-electron chi connectivity index (χ3n) is 6.79. The summed E-state index contributed by atoms with van der Waals surface area (Å²) in [4.78, 5) is 12.3. The topological polar surface area (TPSA) is 89.8 Å². The third-order valence-corrected chi connectivity index (χ3v) is 6.79. The normalized spacial score (nSPS) is 14.5. The highest BCUT2D eigenvalue weighted by atomic mass is 16.3. The van der Waals surface area contributed by atoms with Crippen molar-refractivity contribution >= 4 is 5.91 Å². The second-order valence-electron chi connectivity index (χ2n) is 10.3. The van der Waals surface area contributed by atoms with E-state index in [2.05, 4.69) is 31.3 Å². The molecule has 0 heterocycles. The van der Waals surface area contributed by atoms with Gasteiger partial charge in [-0.15, -0.1) is 0 Å². The van der Waals surface area contributed by atoms with Gasteiger partial charge in [-0.3, -0.25) is 4.79 Å². The number of amides is 1. The van der Waals surface area contributed by atoms with Crippen LogP contribution in [0.15, 0.2) is 24.3 Å². The Morgan fingerprint density at radius 1 is 0.667 bits per heavy atom. The number of aliphatic hydroxyl groups excluding tert-OH is 3. The molecule has 0 aromatic heterocycles. The van der Waals surface area contributed by atoms with Crippen LogP contribution in [-0.4, -0.2) is 46.1 Å². The molecule has 36 heavy (non-hydrogen) atoms. The molecule has 0 aromatic rings. The van der Waals surface area contributed by atoms with Crippen molar-refractivity contribution in [1.29, 1.82) is 0 Å². The highest BCUT2D eigenvalue weighted by Gasteiger charge is 2.22. The fourth-order valence-electron chi connectivity index (χ4n) is 4.29. The maximum Gasteiger partial charge on any atom is 0.249 e. The third kappa shape index (κ3) is 22.1. The Morgan fingerprint density at radius 2 is 1.11 bits per heavy atom. The molecule has 0 radical (unpaired) electrons. The number of carbonyl (C=O) groups excluding carboxylic acids is 1. The minimum absolute atomic E-state index is 0.370. The minimum Gasteiger partial charge on any atom is -0.394 e. The smallest absolute Gasteiger partial charge is 0.249 e. The van der Waals surface area contributed by atoms with Gasteiger partial charge in [0, 0.05) is 0 Å². The van der Waals surface area contributed by atoms with Gasteiger partial charge in [0.05, 0.1) is 18.8 Å². The number of carbonyl (C=O) groups is 1. The van der Waals surface area contributed by atoms with E-state index in [0.29, 0.717) is 6.42 Å². The first-order valence-electron chi connectivity index (χ1n) is 15.2. The average Bonchev–Trinajstić information content (AvgIpc) is 2.88. The van der Waals surface area contributed by atoms with E-state index < -0.39 is 24.2 Å². The zero-order valence-corrected chi connectivity index (χ0v) is 23.6. The molecule has 0 aliphatic carbocycles. The number of rotatable bonds is 26. The summed E-state index contributed by atoms with van der Waals surface area (Å²) < 4.78 is 0. The van der Waals surface area contributed by atoms with Crippen molar-refractivity contribution in [3.63, 3.8) is 0 Å². The Bertz CT molecular complexity index is 535. The molecule has 1 amide bonds. The van der Waals surface area contributed by atoms with Gasteiger partial charge in [0.2, 0.25) is 5.91 Å². The summed E-state index contributed by atoms with van der Waals surface area (Å²) in [6.45, 7) is 4.10. The van der Waals surface area contributed by atoms with Crippen molar-refractivity contribution < 1.29 is 20.1 Å². The molecular weight excluding hydrogens is 450 g/mol. The number of nitrogens with one attached hydrogen (secondary N) is 1. The number of unbranched alkanes of at least 4 members (excludes halogenated alkanes) is 16. The summed E-state index contributed by atoms with van der Waals surface area (Å²) >= 11 is 0. The van der Waals surface area contributed by atoms with Gasteiger partial charge in [-0.05, 0) is 44.9 Å². The van der Waals surface area contributed by atoms with E-state index in [1.54, 1.807) is 6.08 Å².